The van der Waals surface area contributed by atoms with Crippen LogP contribution < -0.4 is 4.43 Å². The van der Waals surface area contributed by atoms with Gasteiger partial charge in [-0.25, -0.2) is 0 Å². The number of esters is 2. The first-order valence-corrected chi connectivity index (χ1v) is 13.2. The van der Waals surface area contributed by atoms with Gasteiger partial charge in [-0.1, -0.05) is 32.9 Å². The number of carbonyl (C=O) groups excluding carboxylic acids is 2. The van der Waals surface area contributed by atoms with E-state index < -0.39 is 50.8 Å². The van der Waals surface area contributed by atoms with Crippen LogP contribution in [0.25, 0.3) is 0 Å². The van der Waals surface area contributed by atoms with Crippen LogP contribution in [0.3, 0.4) is 0 Å². The standard InChI is InChI=1S/C22H34O8Si/c1-13(23)27-12-17-21(28-14(2)24)19(26)18(25)20(29-17)15-9-8-10-16(11-15)30-31(6,7)22(3,4)5/h8-11,17-21,25-26H,12H2,1-7H3/t17-,18+,19-,20-,21-/m1/s1. The fraction of sp³-hybridized carbons (Fsp3) is 0.636. The molecule has 1 fully saturated rings. The molecule has 0 amide bonds. The van der Waals surface area contributed by atoms with Crippen molar-refractivity contribution in [3.05, 3.63) is 29.8 Å². The van der Waals surface area contributed by atoms with Gasteiger partial charge < -0.3 is 28.8 Å². The maximum absolute atomic E-state index is 11.5. The van der Waals surface area contributed by atoms with Crippen LogP contribution in [0.15, 0.2) is 24.3 Å². The van der Waals surface area contributed by atoms with Crippen LogP contribution in [0.2, 0.25) is 18.1 Å². The van der Waals surface area contributed by atoms with Gasteiger partial charge in [0.05, 0.1) is 0 Å². The Labute approximate surface area is 184 Å². The van der Waals surface area contributed by atoms with Crippen molar-refractivity contribution in [2.45, 2.75) is 83.3 Å². The molecule has 0 spiro atoms. The van der Waals surface area contributed by atoms with Crippen molar-refractivity contribution in [1.29, 1.82) is 0 Å². The largest absolute Gasteiger partial charge is 0.543 e. The maximum Gasteiger partial charge on any atom is 0.303 e. The lowest BCUT2D eigenvalue weighted by Crippen LogP contribution is -2.57. The highest BCUT2D eigenvalue weighted by molar-refractivity contribution is 6.74. The second-order valence-electron chi connectivity index (χ2n) is 9.39. The Hall–Kier alpha value is -1.94. The summed E-state index contributed by atoms with van der Waals surface area (Å²) in [7, 11) is -2.08. The summed E-state index contributed by atoms with van der Waals surface area (Å²) in [5.74, 6) is -0.531. The number of carbonyl (C=O) groups is 2. The minimum atomic E-state index is -2.08. The molecule has 1 aromatic rings. The van der Waals surface area contributed by atoms with Crippen LogP contribution >= 0.6 is 0 Å². The van der Waals surface area contributed by atoms with E-state index in [2.05, 4.69) is 33.9 Å². The summed E-state index contributed by atoms with van der Waals surface area (Å²) >= 11 is 0. The van der Waals surface area contributed by atoms with Crippen molar-refractivity contribution >= 4 is 20.3 Å². The summed E-state index contributed by atoms with van der Waals surface area (Å²) < 4.78 is 22.5. The fourth-order valence-electron chi connectivity index (χ4n) is 3.09. The van der Waals surface area contributed by atoms with Gasteiger partial charge >= 0.3 is 11.9 Å². The van der Waals surface area contributed by atoms with E-state index in [1.165, 1.54) is 13.8 Å². The molecule has 0 aliphatic carbocycles. The molecule has 1 aliphatic rings. The molecule has 2 N–H and O–H groups in total. The van der Waals surface area contributed by atoms with E-state index in [1.807, 2.05) is 6.07 Å². The topological polar surface area (TPSA) is 112 Å². The summed E-state index contributed by atoms with van der Waals surface area (Å²) in [6.45, 7) is 12.9. The van der Waals surface area contributed by atoms with Gasteiger partial charge in [0.2, 0.25) is 8.32 Å². The molecule has 0 unspecified atom stereocenters. The number of ether oxygens (including phenoxy) is 3. The Morgan fingerprint density at radius 1 is 1.10 bits per heavy atom. The molecule has 0 aromatic heterocycles. The molecule has 5 atom stereocenters. The van der Waals surface area contributed by atoms with Crippen molar-refractivity contribution in [2.24, 2.45) is 0 Å². The first kappa shape index (κ1) is 25.3. The first-order chi connectivity index (χ1) is 14.2. The molecule has 1 aliphatic heterocycles. The van der Waals surface area contributed by atoms with Gasteiger partial charge in [-0.3, -0.25) is 9.59 Å². The van der Waals surface area contributed by atoms with Gasteiger partial charge in [-0.05, 0) is 35.8 Å². The van der Waals surface area contributed by atoms with Crippen molar-refractivity contribution < 1.29 is 38.4 Å². The summed E-state index contributed by atoms with van der Waals surface area (Å²) in [6, 6.07) is 7.16. The number of benzene rings is 1. The average molecular weight is 455 g/mol. The smallest absolute Gasteiger partial charge is 0.303 e. The fourth-order valence-corrected chi connectivity index (χ4v) is 4.11. The molecule has 1 aromatic carbocycles. The van der Waals surface area contributed by atoms with Crippen molar-refractivity contribution in [1.82, 2.24) is 0 Å². The van der Waals surface area contributed by atoms with Crippen LogP contribution in [0.1, 0.15) is 46.3 Å². The normalized spacial score (nSPS) is 26.8. The number of hydrogen-bond acceptors (Lipinski definition) is 8. The predicted molar refractivity (Wildman–Crippen MR) is 116 cm³/mol. The number of aliphatic hydroxyl groups excluding tert-OH is 2. The van der Waals surface area contributed by atoms with E-state index in [4.69, 9.17) is 18.6 Å². The van der Waals surface area contributed by atoms with Crippen LogP contribution in [0, 0.1) is 0 Å². The lowest BCUT2D eigenvalue weighted by Gasteiger charge is -2.42. The lowest BCUT2D eigenvalue weighted by atomic mass is 9.91. The molecule has 1 heterocycles. The average Bonchev–Trinajstić information content (AvgIpc) is 2.63. The minimum absolute atomic E-state index is 0.00637. The van der Waals surface area contributed by atoms with Crippen molar-refractivity contribution in [3.63, 3.8) is 0 Å². The molecular weight excluding hydrogens is 420 g/mol. The second-order valence-corrected chi connectivity index (χ2v) is 14.1. The van der Waals surface area contributed by atoms with E-state index >= 15 is 0 Å². The zero-order valence-electron chi connectivity index (χ0n) is 19.2. The van der Waals surface area contributed by atoms with Gasteiger partial charge in [0.25, 0.3) is 0 Å². The van der Waals surface area contributed by atoms with Gasteiger partial charge in [0.15, 0.2) is 6.10 Å². The number of aliphatic hydroxyl groups is 2. The molecule has 0 radical (unpaired) electrons. The molecule has 8 nitrogen and oxygen atoms in total. The van der Waals surface area contributed by atoms with E-state index in [0.717, 1.165) is 0 Å². The van der Waals surface area contributed by atoms with Gasteiger partial charge in [-0.2, -0.15) is 0 Å². The molecule has 9 heteroatoms. The van der Waals surface area contributed by atoms with Gasteiger partial charge in [-0.15, -0.1) is 0 Å². The van der Waals surface area contributed by atoms with Gasteiger partial charge in [0, 0.05) is 13.8 Å². The number of rotatable bonds is 6. The summed E-state index contributed by atoms with van der Waals surface area (Å²) in [6.07, 6.45) is -5.82. The predicted octanol–water partition coefficient (Wildman–Crippen LogP) is 2.73. The highest BCUT2D eigenvalue weighted by Crippen LogP contribution is 2.39. The quantitative estimate of drug-likeness (QED) is 0.499. The molecule has 174 valence electrons. The molecule has 0 bridgehead atoms. The third-order valence-electron chi connectivity index (χ3n) is 5.80. The first-order valence-electron chi connectivity index (χ1n) is 10.3. The highest BCUT2D eigenvalue weighted by Gasteiger charge is 2.47. The van der Waals surface area contributed by atoms with E-state index in [0.29, 0.717) is 11.3 Å². The maximum atomic E-state index is 11.5. The van der Waals surface area contributed by atoms with Crippen molar-refractivity contribution in [3.8, 4) is 5.75 Å². The molecule has 31 heavy (non-hydrogen) atoms. The molecule has 0 saturated carbocycles. The Morgan fingerprint density at radius 3 is 2.29 bits per heavy atom. The van der Waals surface area contributed by atoms with Crippen LogP contribution in [-0.4, -0.2) is 61.5 Å². The highest BCUT2D eigenvalue weighted by atomic mass is 28.4. The molecule has 2 rings (SSSR count). The zero-order valence-corrected chi connectivity index (χ0v) is 20.2. The van der Waals surface area contributed by atoms with Gasteiger partial charge in [0.1, 0.15) is 36.8 Å². The van der Waals surface area contributed by atoms with Crippen LogP contribution in [-0.2, 0) is 23.8 Å². The third kappa shape index (κ3) is 6.28. The summed E-state index contributed by atoms with van der Waals surface area (Å²) in [5.41, 5.74) is 0.594. The SMILES string of the molecule is CC(=O)OC[C@H]1O[C@H](c2cccc(O[Si](C)(C)C(C)(C)C)c2)[C@@H](O)[C@@H](O)[C@@H]1OC(C)=O. The summed E-state index contributed by atoms with van der Waals surface area (Å²) in [5, 5.41) is 21.4. The third-order valence-corrected chi connectivity index (χ3v) is 10.2. The Balaban J connectivity index is 2.30. The van der Waals surface area contributed by atoms with E-state index in [9.17, 15) is 19.8 Å². The zero-order chi connectivity index (χ0) is 23.6. The Bertz CT molecular complexity index is 788. The molecule has 1 saturated heterocycles. The lowest BCUT2D eigenvalue weighted by molar-refractivity contribution is -0.242. The Kier molecular flexibility index (Phi) is 7.91. The van der Waals surface area contributed by atoms with E-state index in [-0.39, 0.29) is 11.6 Å². The Morgan fingerprint density at radius 2 is 1.74 bits per heavy atom. The van der Waals surface area contributed by atoms with Crippen LogP contribution in [0.4, 0.5) is 0 Å². The summed E-state index contributed by atoms with van der Waals surface area (Å²) in [4.78, 5) is 22.7. The minimum Gasteiger partial charge on any atom is -0.543 e. The monoisotopic (exact) mass is 454 g/mol. The van der Waals surface area contributed by atoms with Crippen LogP contribution in [0.5, 0.6) is 5.75 Å². The van der Waals surface area contributed by atoms with E-state index in [1.54, 1.807) is 18.2 Å². The second kappa shape index (κ2) is 9.68. The number of hydrogen-bond donors (Lipinski definition) is 2. The molecular formula is C22H34O8Si. The van der Waals surface area contributed by atoms with Crippen molar-refractivity contribution in [2.75, 3.05) is 6.61 Å².